The Balaban J connectivity index is 1.66. The lowest BCUT2D eigenvalue weighted by Gasteiger charge is -2.29. The molecule has 1 aromatic carbocycles. The van der Waals surface area contributed by atoms with Gasteiger partial charge in [0.1, 0.15) is 11.5 Å². The van der Waals surface area contributed by atoms with Crippen LogP contribution < -0.4 is 5.32 Å². The molecule has 2 heterocycles. The molecule has 24 heavy (non-hydrogen) atoms. The molecule has 0 saturated carbocycles. The van der Waals surface area contributed by atoms with E-state index in [9.17, 15) is 4.79 Å². The number of aromatic nitrogens is 2. The third kappa shape index (κ3) is 3.93. The van der Waals surface area contributed by atoms with Crippen molar-refractivity contribution in [1.82, 2.24) is 14.9 Å². The molecule has 1 saturated heterocycles. The van der Waals surface area contributed by atoms with Gasteiger partial charge in [-0.05, 0) is 49.4 Å². The lowest BCUT2D eigenvalue weighted by molar-refractivity contribution is 0.0691. The molecule has 0 aliphatic carbocycles. The summed E-state index contributed by atoms with van der Waals surface area (Å²) in [5.41, 5.74) is 2.48. The number of halogens is 1. The van der Waals surface area contributed by atoms with Crippen molar-refractivity contribution in [2.75, 3.05) is 18.4 Å². The van der Waals surface area contributed by atoms with Crippen molar-refractivity contribution >= 4 is 33.3 Å². The van der Waals surface area contributed by atoms with Crippen LogP contribution in [0.4, 0.5) is 11.5 Å². The molecule has 6 heteroatoms. The molecule has 0 radical (unpaired) electrons. The van der Waals surface area contributed by atoms with Crippen LogP contribution in [0, 0.1) is 12.8 Å². The number of nitrogens with zero attached hydrogens (tertiary/aromatic N) is 3. The van der Waals surface area contributed by atoms with Crippen LogP contribution in [0.3, 0.4) is 0 Å². The molecule has 1 aliphatic rings. The van der Waals surface area contributed by atoms with Gasteiger partial charge in [-0.15, -0.1) is 0 Å². The van der Waals surface area contributed by atoms with E-state index in [2.05, 4.69) is 38.1 Å². The predicted octanol–water partition coefficient (Wildman–Crippen LogP) is 4.16. The Hall–Kier alpha value is -1.95. The van der Waals surface area contributed by atoms with E-state index in [0.29, 0.717) is 17.4 Å². The minimum Gasteiger partial charge on any atom is -0.339 e. The Morgan fingerprint density at radius 1 is 1.25 bits per heavy atom. The molecule has 0 spiro atoms. The van der Waals surface area contributed by atoms with Crippen molar-refractivity contribution in [2.45, 2.75) is 26.7 Å². The number of aryl methyl sites for hydroxylation is 1. The largest absolute Gasteiger partial charge is 0.339 e. The molecule has 3 rings (SSSR count). The van der Waals surface area contributed by atoms with Gasteiger partial charge >= 0.3 is 0 Å². The summed E-state index contributed by atoms with van der Waals surface area (Å²) in [4.78, 5) is 22.9. The lowest BCUT2D eigenvalue weighted by atomic mass is 9.99. The van der Waals surface area contributed by atoms with Gasteiger partial charge in [0.25, 0.3) is 5.91 Å². The van der Waals surface area contributed by atoms with Gasteiger partial charge in [-0.1, -0.05) is 22.9 Å². The van der Waals surface area contributed by atoms with Gasteiger partial charge in [-0.3, -0.25) is 4.79 Å². The summed E-state index contributed by atoms with van der Waals surface area (Å²) < 4.78 is 1.07. The second-order valence-electron chi connectivity index (χ2n) is 6.35. The van der Waals surface area contributed by atoms with Gasteiger partial charge in [0.05, 0.1) is 12.4 Å². The zero-order valence-corrected chi connectivity index (χ0v) is 15.5. The molecule has 2 aromatic rings. The van der Waals surface area contributed by atoms with E-state index >= 15 is 0 Å². The lowest BCUT2D eigenvalue weighted by Crippen LogP contribution is -2.38. The van der Waals surface area contributed by atoms with Crippen LogP contribution in [0.5, 0.6) is 0 Å². The fourth-order valence-corrected chi connectivity index (χ4v) is 2.99. The first-order chi connectivity index (χ1) is 11.5. The normalized spacial score (nSPS) is 15.4. The summed E-state index contributed by atoms with van der Waals surface area (Å²) in [6.07, 6.45) is 5.27. The predicted molar refractivity (Wildman–Crippen MR) is 98.5 cm³/mol. The fraction of sp³-hybridized carbons (Fsp3) is 0.389. The van der Waals surface area contributed by atoms with Gasteiger partial charge < -0.3 is 10.2 Å². The topological polar surface area (TPSA) is 58.1 Å². The second kappa shape index (κ2) is 7.30. The minimum atomic E-state index is -0.0274. The highest BCUT2D eigenvalue weighted by Crippen LogP contribution is 2.22. The molecule has 1 fully saturated rings. The van der Waals surface area contributed by atoms with Crippen molar-refractivity contribution in [3.8, 4) is 0 Å². The van der Waals surface area contributed by atoms with Crippen molar-refractivity contribution in [3.05, 3.63) is 46.3 Å². The number of carbonyl (C=O) groups excluding carboxylic acids is 1. The number of carbonyl (C=O) groups is 1. The molecular weight excluding hydrogens is 368 g/mol. The summed E-state index contributed by atoms with van der Waals surface area (Å²) in [6.45, 7) is 5.87. The molecule has 1 aromatic heterocycles. The number of nitrogens with one attached hydrogen (secondary N) is 1. The maximum atomic E-state index is 12.5. The van der Waals surface area contributed by atoms with Gasteiger partial charge in [0.2, 0.25) is 0 Å². The van der Waals surface area contributed by atoms with Crippen LogP contribution in [-0.2, 0) is 0 Å². The molecule has 1 amide bonds. The van der Waals surface area contributed by atoms with Crippen LogP contribution >= 0.6 is 15.9 Å². The molecular formula is C18H21BrN4O. The number of amides is 1. The maximum absolute atomic E-state index is 12.5. The Morgan fingerprint density at radius 3 is 2.62 bits per heavy atom. The number of likely N-dealkylation sites (tertiary alicyclic amines) is 1. The quantitative estimate of drug-likeness (QED) is 0.857. The Labute approximate surface area is 150 Å². The van der Waals surface area contributed by atoms with E-state index in [4.69, 9.17) is 0 Å². The first-order valence-electron chi connectivity index (χ1n) is 8.17. The van der Waals surface area contributed by atoms with Crippen LogP contribution in [-0.4, -0.2) is 33.9 Å². The monoisotopic (exact) mass is 388 g/mol. The van der Waals surface area contributed by atoms with Gasteiger partial charge in [-0.2, -0.15) is 0 Å². The average molecular weight is 389 g/mol. The first-order valence-corrected chi connectivity index (χ1v) is 8.97. The van der Waals surface area contributed by atoms with Crippen LogP contribution in [0.2, 0.25) is 0 Å². The molecule has 0 unspecified atom stereocenters. The molecule has 1 N–H and O–H groups in total. The minimum absolute atomic E-state index is 0.0274. The van der Waals surface area contributed by atoms with Gasteiger partial charge in [0, 0.05) is 23.2 Å². The van der Waals surface area contributed by atoms with Crippen molar-refractivity contribution in [1.29, 1.82) is 0 Å². The third-order valence-electron chi connectivity index (χ3n) is 4.37. The van der Waals surface area contributed by atoms with E-state index in [1.807, 2.05) is 30.0 Å². The summed E-state index contributed by atoms with van der Waals surface area (Å²) in [5, 5.41) is 3.20. The number of anilines is 2. The number of benzene rings is 1. The standard InChI is InChI=1S/C18H21BrN4O/c1-12-5-7-23(8-6-12)18(24)16-10-21-17(11-20-16)22-14-3-4-15(19)13(2)9-14/h3-4,9-12H,5-8H2,1-2H3,(H,21,22). The first kappa shape index (κ1) is 16.9. The second-order valence-corrected chi connectivity index (χ2v) is 7.20. The van der Waals surface area contributed by atoms with Gasteiger partial charge in [0.15, 0.2) is 0 Å². The number of hydrogen-bond acceptors (Lipinski definition) is 4. The van der Waals surface area contributed by atoms with E-state index in [0.717, 1.165) is 41.7 Å². The summed E-state index contributed by atoms with van der Waals surface area (Å²) in [7, 11) is 0. The average Bonchev–Trinajstić information content (AvgIpc) is 2.59. The summed E-state index contributed by atoms with van der Waals surface area (Å²) in [5.74, 6) is 1.29. The van der Waals surface area contributed by atoms with E-state index in [-0.39, 0.29) is 5.91 Å². The number of hydrogen-bond donors (Lipinski definition) is 1. The Morgan fingerprint density at radius 2 is 2.00 bits per heavy atom. The Kier molecular flexibility index (Phi) is 5.14. The summed E-state index contributed by atoms with van der Waals surface area (Å²) in [6, 6.07) is 5.98. The SMILES string of the molecule is Cc1cc(Nc2cnc(C(=O)N3CCC(C)CC3)cn2)ccc1Br. The molecule has 0 bridgehead atoms. The number of piperidine rings is 1. The highest BCUT2D eigenvalue weighted by molar-refractivity contribution is 9.10. The van der Waals surface area contributed by atoms with Crippen molar-refractivity contribution in [3.63, 3.8) is 0 Å². The molecule has 5 nitrogen and oxygen atoms in total. The fourth-order valence-electron chi connectivity index (χ4n) is 2.75. The van der Waals surface area contributed by atoms with Crippen LogP contribution in [0.25, 0.3) is 0 Å². The molecule has 0 atom stereocenters. The summed E-state index contributed by atoms with van der Waals surface area (Å²) >= 11 is 3.48. The zero-order valence-electron chi connectivity index (χ0n) is 13.9. The van der Waals surface area contributed by atoms with Gasteiger partial charge in [-0.25, -0.2) is 9.97 Å². The maximum Gasteiger partial charge on any atom is 0.274 e. The molecule has 126 valence electrons. The van der Waals surface area contributed by atoms with E-state index in [1.165, 1.54) is 0 Å². The van der Waals surface area contributed by atoms with Crippen LogP contribution in [0.1, 0.15) is 35.8 Å². The third-order valence-corrected chi connectivity index (χ3v) is 5.26. The van der Waals surface area contributed by atoms with E-state index in [1.54, 1.807) is 12.4 Å². The van der Waals surface area contributed by atoms with Crippen molar-refractivity contribution < 1.29 is 4.79 Å². The highest BCUT2D eigenvalue weighted by Gasteiger charge is 2.22. The number of rotatable bonds is 3. The molecule has 1 aliphatic heterocycles. The van der Waals surface area contributed by atoms with Crippen molar-refractivity contribution in [2.24, 2.45) is 5.92 Å². The Bertz CT molecular complexity index is 724. The van der Waals surface area contributed by atoms with Crippen LogP contribution in [0.15, 0.2) is 35.1 Å². The highest BCUT2D eigenvalue weighted by atomic mass is 79.9. The zero-order chi connectivity index (χ0) is 17.1. The smallest absolute Gasteiger partial charge is 0.274 e. The van der Waals surface area contributed by atoms with E-state index < -0.39 is 0 Å².